The molecular weight excluding hydrogens is 194 g/mol. The minimum Gasteiger partial charge on any atom is -0.298 e. The van der Waals surface area contributed by atoms with Crippen LogP contribution in [0.5, 0.6) is 0 Å². The summed E-state index contributed by atoms with van der Waals surface area (Å²) >= 11 is 0. The molecule has 15 heavy (non-hydrogen) atoms. The fourth-order valence-electron chi connectivity index (χ4n) is 1.60. The lowest BCUT2D eigenvalue weighted by Crippen LogP contribution is -2.36. The Morgan fingerprint density at radius 3 is 2.73 bits per heavy atom. The molecule has 1 amide bonds. The van der Waals surface area contributed by atoms with E-state index in [1.54, 1.807) is 4.90 Å². The van der Waals surface area contributed by atoms with Crippen molar-refractivity contribution >= 4 is 11.9 Å². The van der Waals surface area contributed by atoms with Crippen LogP contribution in [0.2, 0.25) is 0 Å². The van der Waals surface area contributed by atoms with Gasteiger partial charge in [0.2, 0.25) is 11.9 Å². The van der Waals surface area contributed by atoms with E-state index < -0.39 is 0 Å². The molecule has 1 aliphatic rings. The molecule has 1 aromatic rings. The van der Waals surface area contributed by atoms with Crippen molar-refractivity contribution in [3.8, 4) is 0 Å². The number of aromatic nitrogens is 3. The lowest BCUT2D eigenvalue weighted by atomic mass is 10.4. The predicted octanol–water partition coefficient (Wildman–Crippen LogP) is -0.460. The van der Waals surface area contributed by atoms with Gasteiger partial charge in [-0.1, -0.05) is 0 Å². The lowest BCUT2D eigenvalue weighted by Gasteiger charge is -2.17. The zero-order chi connectivity index (χ0) is 10.7. The number of nitrogens with zero attached hydrogens (tertiary/aromatic N) is 5. The Bertz CT molecular complexity index is 342. The van der Waals surface area contributed by atoms with Gasteiger partial charge in [-0.25, -0.2) is 15.0 Å². The van der Waals surface area contributed by atoms with E-state index in [2.05, 4.69) is 15.0 Å². The second kappa shape index (κ2) is 4.31. The molecule has 0 bridgehead atoms. The van der Waals surface area contributed by atoms with E-state index in [0.29, 0.717) is 19.0 Å². The van der Waals surface area contributed by atoms with Crippen LogP contribution in [0, 0.1) is 0 Å². The minimum absolute atomic E-state index is 0.0428. The SMILES string of the molecule is CN1CCCN(c2ncncn2)C(=O)C1. The molecule has 0 aromatic carbocycles. The first kappa shape index (κ1) is 9.97. The molecule has 6 heteroatoms. The Balaban J connectivity index is 2.18. The van der Waals surface area contributed by atoms with Crippen LogP contribution in [-0.2, 0) is 4.79 Å². The number of rotatable bonds is 1. The topological polar surface area (TPSA) is 62.2 Å². The summed E-state index contributed by atoms with van der Waals surface area (Å²) in [6.45, 7) is 2.02. The van der Waals surface area contributed by atoms with E-state index in [9.17, 15) is 4.79 Å². The molecule has 1 fully saturated rings. The summed E-state index contributed by atoms with van der Waals surface area (Å²) in [7, 11) is 1.94. The molecule has 1 aliphatic heterocycles. The van der Waals surface area contributed by atoms with Crippen LogP contribution in [0.4, 0.5) is 5.95 Å². The fraction of sp³-hybridized carbons (Fsp3) is 0.556. The summed E-state index contributed by atoms with van der Waals surface area (Å²) in [5.41, 5.74) is 0. The summed E-state index contributed by atoms with van der Waals surface area (Å²) in [5.74, 6) is 0.492. The average Bonchev–Trinajstić information content (AvgIpc) is 2.40. The van der Waals surface area contributed by atoms with E-state index in [1.165, 1.54) is 12.7 Å². The molecule has 1 saturated heterocycles. The van der Waals surface area contributed by atoms with Gasteiger partial charge in [-0.3, -0.25) is 14.6 Å². The molecule has 0 atom stereocenters. The third-order valence-electron chi connectivity index (χ3n) is 2.35. The molecule has 80 valence electrons. The van der Waals surface area contributed by atoms with Gasteiger partial charge in [-0.15, -0.1) is 0 Å². The van der Waals surface area contributed by atoms with Gasteiger partial charge in [0, 0.05) is 13.1 Å². The summed E-state index contributed by atoms with van der Waals surface area (Å²) < 4.78 is 0. The number of hydrogen-bond donors (Lipinski definition) is 0. The molecular formula is C9H13N5O. The van der Waals surface area contributed by atoms with Crippen LogP contribution in [-0.4, -0.2) is 52.4 Å². The summed E-state index contributed by atoms with van der Waals surface area (Å²) in [6, 6.07) is 0. The number of carbonyl (C=O) groups is 1. The molecule has 1 aromatic heterocycles. The minimum atomic E-state index is 0.0428. The molecule has 6 nitrogen and oxygen atoms in total. The van der Waals surface area contributed by atoms with Crippen molar-refractivity contribution in [3.63, 3.8) is 0 Å². The zero-order valence-electron chi connectivity index (χ0n) is 8.63. The highest BCUT2D eigenvalue weighted by atomic mass is 16.2. The molecule has 0 radical (unpaired) electrons. The molecule has 0 saturated carbocycles. The highest BCUT2D eigenvalue weighted by molar-refractivity contribution is 5.93. The third-order valence-corrected chi connectivity index (χ3v) is 2.35. The van der Waals surface area contributed by atoms with Gasteiger partial charge in [0.1, 0.15) is 12.7 Å². The highest BCUT2D eigenvalue weighted by Gasteiger charge is 2.22. The fourth-order valence-corrected chi connectivity index (χ4v) is 1.60. The van der Waals surface area contributed by atoms with Crippen molar-refractivity contribution in [2.45, 2.75) is 6.42 Å². The molecule has 0 spiro atoms. The number of hydrogen-bond acceptors (Lipinski definition) is 5. The van der Waals surface area contributed by atoms with Gasteiger partial charge in [0.05, 0.1) is 6.54 Å². The van der Waals surface area contributed by atoms with Crippen LogP contribution in [0.1, 0.15) is 6.42 Å². The van der Waals surface area contributed by atoms with Gasteiger partial charge in [-0.05, 0) is 13.5 Å². The maximum Gasteiger partial charge on any atom is 0.243 e. The van der Waals surface area contributed by atoms with Crippen molar-refractivity contribution in [1.82, 2.24) is 19.9 Å². The van der Waals surface area contributed by atoms with Crippen LogP contribution >= 0.6 is 0 Å². The van der Waals surface area contributed by atoms with Crippen LogP contribution in [0.15, 0.2) is 12.7 Å². The summed E-state index contributed by atoms with van der Waals surface area (Å²) in [4.78, 5) is 27.1. The first-order valence-corrected chi connectivity index (χ1v) is 4.88. The van der Waals surface area contributed by atoms with Crippen molar-refractivity contribution < 1.29 is 4.79 Å². The number of carbonyl (C=O) groups excluding carboxylic acids is 1. The van der Waals surface area contributed by atoms with Gasteiger partial charge < -0.3 is 0 Å². The Hall–Kier alpha value is -1.56. The normalized spacial score (nSPS) is 19.0. The maximum atomic E-state index is 11.8. The first-order valence-electron chi connectivity index (χ1n) is 4.88. The van der Waals surface area contributed by atoms with Crippen molar-refractivity contribution in [2.24, 2.45) is 0 Å². The van der Waals surface area contributed by atoms with E-state index in [0.717, 1.165) is 13.0 Å². The zero-order valence-corrected chi connectivity index (χ0v) is 8.63. The Kier molecular flexibility index (Phi) is 2.86. The third kappa shape index (κ3) is 2.27. The average molecular weight is 207 g/mol. The molecule has 2 rings (SSSR count). The second-order valence-electron chi connectivity index (χ2n) is 3.57. The molecule has 0 unspecified atom stereocenters. The van der Waals surface area contributed by atoms with Crippen molar-refractivity contribution in [2.75, 3.05) is 31.6 Å². The van der Waals surface area contributed by atoms with Gasteiger partial charge in [0.25, 0.3) is 0 Å². The smallest absolute Gasteiger partial charge is 0.243 e. The van der Waals surface area contributed by atoms with E-state index in [4.69, 9.17) is 0 Å². The number of anilines is 1. The van der Waals surface area contributed by atoms with Crippen LogP contribution in [0.3, 0.4) is 0 Å². The van der Waals surface area contributed by atoms with Crippen LogP contribution in [0.25, 0.3) is 0 Å². The van der Waals surface area contributed by atoms with Gasteiger partial charge >= 0.3 is 0 Å². The second-order valence-corrected chi connectivity index (χ2v) is 3.57. The highest BCUT2D eigenvalue weighted by Crippen LogP contribution is 2.09. The Labute approximate surface area is 88.0 Å². The van der Waals surface area contributed by atoms with E-state index in [1.807, 2.05) is 11.9 Å². The van der Waals surface area contributed by atoms with Crippen molar-refractivity contribution in [3.05, 3.63) is 12.7 Å². The lowest BCUT2D eigenvalue weighted by molar-refractivity contribution is -0.119. The maximum absolute atomic E-state index is 11.8. The molecule has 0 aliphatic carbocycles. The molecule has 2 heterocycles. The largest absolute Gasteiger partial charge is 0.298 e. The molecule has 0 N–H and O–H groups in total. The van der Waals surface area contributed by atoms with Crippen LogP contribution < -0.4 is 4.90 Å². The Morgan fingerprint density at radius 1 is 1.27 bits per heavy atom. The van der Waals surface area contributed by atoms with Crippen molar-refractivity contribution in [1.29, 1.82) is 0 Å². The monoisotopic (exact) mass is 207 g/mol. The Morgan fingerprint density at radius 2 is 2.00 bits per heavy atom. The number of likely N-dealkylation sites (N-methyl/N-ethyl adjacent to an activating group) is 1. The van der Waals surface area contributed by atoms with E-state index >= 15 is 0 Å². The van der Waals surface area contributed by atoms with E-state index in [-0.39, 0.29) is 5.91 Å². The quantitative estimate of drug-likeness (QED) is 0.623. The van der Waals surface area contributed by atoms with Gasteiger partial charge in [0.15, 0.2) is 0 Å². The van der Waals surface area contributed by atoms with Gasteiger partial charge in [-0.2, -0.15) is 0 Å². The predicted molar refractivity (Wildman–Crippen MR) is 54.3 cm³/mol. The standard InChI is InChI=1S/C9H13N5O/c1-13-3-2-4-14(8(15)5-13)9-11-6-10-7-12-9/h6-7H,2-5H2,1H3. The summed E-state index contributed by atoms with van der Waals surface area (Å²) in [5, 5.41) is 0. The number of amides is 1. The first-order chi connectivity index (χ1) is 7.27. The summed E-state index contributed by atoms with van der Waals surface area (Å²) in [6.07, 6.45) is 3.75.